The summed E-state index contributed by atoms with van der Waals surface area (Å²) in [6, 6.07) is 17.0. The molecule has 2 amide bonds. The van der Waals surface area contributed by atoms with E-state index in [-0.39, 0.29) is 12.0 Å². The molecule has 0 aliphatic carbocycles. The summed E-state index contributed by atoms with van der Waals surface area (Å²) in [6.45, 7) is 0. The molecule has 0 spiro atoms. The van der Waals surface area contributed by atoms with Crippen LogP contribution in [0, 0.1) is 5.82 Å². The molecular formula is C21H17ClFN3O2S. The van der Waals surface area contributed by atoms with Gasteiger partial charge in [-0.25, -0.2) is 9.37 Å². The predicted octanol–water partition coefficient (Wildman–Crippen LogP) is 4.45. The van der Waals surface area contributed by atoms with Crippen LogP contribution in [0.5, 0.6) is 0 Å². The molecule has 29 heavy (non-hydrogen) atoms. The van der Waals surface area contributed by atoms with Crippen molar-refractivity contribution in [1.29, 1.82) is 0 Å². The lowest BCUT2D eigenvalue weighted by atomic mass is 10.0. The van der Waals surface area contributed by atoms with Gasteiger partial charge in [-0.1, -0.05) is 30.3 Å². The van der Waals surface area contributed by atoms with Crippen LogP contribution in [0.4, 0.5) is 10.2 Å². The fraction of sp³-hybridized carbons (Fsp3) is 0.0952. The molecule has 1 aromatic heterocycles. The van der Waals surface area contributed by atoms with E-state index in [9.17, 15) is 14.0 Å². The average molecular weight is 430 g/mol. The minimum atomic E-state index is -0.848. The normalized spacial score (nSPS) is 11.5. The summed E-state index contributed by atoms with van der Waals surface area (Å²) in [5.74, 6) is -0.977. The first-order valence-electron chi connectivity index (χ1n) is 8.71. The van der Waals surface area contributed by atoms with Crippen LogP contribution in [0.2, 0.25) is 0 Å². The number of benzene rings is 2. The summed E-state index contributed by atoms with van der Waals surface area (Å²) in [5.41, 5.74) is 1.15. The minimum Gasteiger partial charge on any atom is -0.340 e. The van der Waals surface area contributed by atoms with Crippen LogP contribution in [-0.2, 0) is 11.2 Å². The van der Waals surface area contributed by atoms with E-state index in [4.69, 9.17) is 10.7 Å². The number of nitrogens with one attached hydrogen (secondary N) is 2. The van der Waals surface area contributed by atoms with Crippen molar-refractivity contribution in [1.82, 2.24) is 10.3 Å². The lowest BCUT2D eigenvalue weighted by Gasteiger charge is -2.18. The molecule has 0 aliphatic rings. The summed E-state index contributed by atoms with van der Waals surface area (Å²) in [7, 11) is 6.69. The summed E-state index contributed by atoms with van der Waals surface area (Å²) in [4.78, 5) is 30.3. The van der Waals surface area contributed by atoms with Gasteiger partial charge in [0.1, 0.15) is 17.7 Å². The van der Waals surface area contributed by atoms with Gasteiger partial charge in [-0.2, -0.15) is 0 Å². The molecule has 0 saturated carbocycles. The zero-order valence-electron chi connectivity index (χ0n) is 15.1. The Balaban J connectivity index is 1.76. The molecule has 3 aromatic rings. The van der Waals surface area contributed by atoms with Crippen molar-refractivity contribution < 1.29 is 14.0 Å². The SMILES string of the molecule is O=C(NC(Cc1ccccc1)C(=O)Nc1ccc(SCl)cn1)c1ccc(F)cc1. The predicted molar refractivity (Wildman–Crippen MR) is 112 cm³/mol. The molecule has 0 aliphatic heterocycles. The third-order valence-electron chi connectivity index (χ3n) is 4.09. The van der Waals surface area contributed by atoms with Gasteiger partial charge in [0.05, 0.1) is 0 Å². The molecule has 148 valence electrons. The van der Waals surface area contributed by atoms with Crippen LogP contribution in [0.3, 0.4) is 0 Å². The second-order valence-corrected chi connectivity index (χ2v) is 7.26. The number of amides is 2. The van der Waals surface area contributed by atoms with E-state index in [1.165, 1.54) is 30.5 Å². The highest BCUT2D eigenvalue weighted by atomic mass is 35.7. The van der Waals surface area contributed by atoms with Crippen molar-refractivity contribution in [2.75, 3.05) is 5.32 Å². The fourth-order valence-corrected chi connectivity index (χ4v) is 3.10. The monoisotopic (exact) mass is 429 g/mol. The largest absolute Gasteiger partial charge is 0.340 e. The molecule has 3 rings (SSSR count). The number of nitrogens with zero attached hydrogens (tertiary/aromatic N) is 1. The molecule has 1 heterocycles. The van der Waals surface area contributed by atoms with Crippen molar-refractivity contribution in [3.05, 3.63) is 89.9 Å². The number of carbonyl (C=O) groups is 2. The van der Waals surface area contributed by atoms with E-state index in [1.807, 2.05) is 30.3 Å². The first kappa shape index (κ1) is 20.8. The van der Waals surface area contributed by atoms with Gasteiger partial charge in [0.2, 0.25) is 5.91 Å². The molecule has 2 N–H and O–H groups in total. The van der Waals surface area contributed by atoms with Gasteiger partial charge in [-0.15, -0.1) is 0 Å². The van der Waals surface area contributed by atoms with Crippen LogP contribution >= 0.6 is 21.7 Å². The second kappa shape index (κ2) is 10.0. The summed E-state index contributed by atoms with van der Waals surface area (Å²) in [6.07, 6.45) is 1.83. The maximum atomic E-state index is 13.1. The highest BCUT2D eigenvalue weighted by molar-refractivity contribution is 8.21. The number of anilines is 1. The maximum Gasteiger partial charge on any atom is 0.251 e. The molecular weight excluding hydrogens is 413 g/mol. The lowest BCUT2D eigenvalue weighted by molar-refractivity contribution is -0.118. The van der Waals surface area contributed by atoms with Crippen LogP contribution in [-0.4, -0.2) is 22.8 Å². The number of hydrogen-bond acceptors (Lipinski definition) is 4. The summed E-state index contributed by atoms with van der Waals surface area (Å²) >= 11 is 0. The first-order valence-corrected chi connectivity index (χ1v) is 10.4. The number of pyridine rings is 1. The van der Waals surface area contributed by atoms with E-state index in [0.29, 0.717) is 5.82 Å². The Morgan fingerprint density at radius 3 is 2.38 bits per heavy atom. The van der Waals surface area contributed by atoms with Crippen molar-refractivity contribution in [2.45, 2.75) is 17.4 Å². The fourth-order valence-electron chi connectivity index (χ4n) is 2.62. The molecule has 1 unspecified atom stereocenters. The van der Waals surface area contributed by atoms with Crippen molar-refractivity contribution in [3.63, 3.8) is 0 Å². The van der Waals surface area contributed by atoms with Crippen LogP contribution in [0.25, 0.3) is 0 Å². The van der Waals surface area contributed by atoms with E-state index in [2.05, 4.69) is 15.6 Å². The number of hydrogen-bond donors (Lipinski definition) is 2. The van der Waals surface area contributed by atoms with Gasteiger partial charge in [-0.05, 0) is 63.6 Å². The first-order chi connectivity index (χ1) is 14.0. The number of halogens is 2. The quantitative estimate of drug-likeness (QED) is 0.582. The van der Waals surface area contributed by atoms with Gasteiger partial charge in [0, 0.05) is 23.1 Å². The Morgan fingerprint density at radius 1 is 1.03 bits per heavy atom. The molecule has 0 radical (unpaired) electrons. The molecule has 0 bridgehead atoms. The van der Waals surface area contributed by atoms with Crippen molar-refractivity contribution in [3.8, 4) is 0 Å². The van der Waals surface area contributed by atoms with E-state index >= 15 is 0 Å². The van der Waals surface area contributed by atoms with Gasteiger partial charge in [0.15, 0.2) is 0 Å². The summed E-state index contributed by atoms with van der Waals surface area (Å²) in [5, 5.41) is 5.42. The molecule has 0 saturated heterocycles. The topological polar surface area (TPSA) is 71.1 Å². The third kappa shape index (κ3) is 6.04. The Kier molecular flexibility index (Phi) is 7.21. The highest BCUT2D eigenvalue weighted by Crippen LogP contribution is 2.21. The Hall–Kier alpha value is -2.90. The third-order valence-corrected chi connectivity index (χ3v) is 5.04. The van der Waals surface area contributed by atoms with E-state index in [1.54, 1.807) is 12.1 Å². The molecule has 0 fully saturated rings. The standard InChI is InChI=1S/C21H17ClFN3O2S/c22-29-17-10-11-19(24-13-17)26-21(28)18(12-14-4-2-1-3-5-14)25-20(27)15-6-8-16(23)9-7-15/h1-11,13,18H,12H2,(H,25,27)(H,24,26,28). The molecule has 2 aromatic carbocycles. The van der Waals surface area contributed by atoms with Gasteiger partial charge in [0.25, 0.3) is 5.91 Å². The molecule has 1 atom stereocenters. The van der Waals surface area contributed by atoms with Crippen LogP contribution in [0.15, 0.2) is 77.8 Å². The Bertz CT molecular complexity index is 969. The van der Waals surface area contributed by atoms with Gasteiger partial charge < -0.3 is 10.6 Å². The number of carbonyl (C=O) groups excluding carboxylic acids is 2. The summed E-state index contributed by atoms with van der Waals surface area (Å²) < 4.78 is 13.1. The zero-order valence-corrected chi connectivity index (χ0v) is 16.7. The van der Waals surface area contributed by atoms with Gasteiger partial charge in [-0.3, -0.25) is 9.59 Å². The van der Waals surface area contributed by atoms with Crippen LogP contribution < -0.4 is 10.6 Å². The van der Waals surface area contributed by atoms with Gasteiger partial charge >= 0.3 is 0 Å². The van der Waals surface area contributed by atoms with Crippen molar-refractivity contribution in [2.24, 2.45) is 0 Å². The van der Waals surface area contributed by atoms with E-state index in [0.717, 1.165) is 21.4 Å². The lowest BCUT2D eigenvalue weighted by Crippen LogP contribution is -2.45. The number of aromatic nitrogens is 1. The minimum absolute atomic E-state index is 0.263. The molecule has 8 heteroatoms. The average Bonchev–Trinajstić information content (AvgIpc) is 2.75. The maximum absolute atomic E-state index is 13.1. The van der Waals surface area contributed by atoms with Crippen molar-refractivity contribution >= 4 is 39.3 Å². The number of rotatable bonds is 7. The Labute approximate surface area is 176 Å². The Morgan fingerprint density at radius 2 is 1.76 bits per heavy atom. The highest BCUT2D eigenvalue weighted by Gasteiger charge is 2.22. The smallest absolute Gasteiger partial charge is 0.251 e. The molecule has 5 nitrogen and oxygen atoms in total. The van der Waals surface area contributed by atoms with Crippen LogP contribution in [0.1, 0.15) is 15.9 Å². The van der Waals surface area contributed by atoms with E-state index < -0.39 is 23.7 Å². The zero-order chi connectivity index (χ0) is 20.6. The second-order valence-electron chi connectivity index (χ2n) is 6.17.